The fourth-order valence-corrected chi connectivity index (χ4v) is 3.86. The van der Waals surface area contributed by atoms with Gasteiger partial charge in [-0.15, -0.1) is 11.3 Å². The van der Waals surface area contributed by atoms with Gasteiger partial charge < -0.3 is 4.90 Å². The van der Waals surface area contributed by atoms with Gasteiger partial charge in [0.25, 0.3) is 5.91 Å². The molecule has 17 heavy (non-hydrogen) atoms. The number of thiophene rings is 1. The Hall–Kier alpha value is -1.34. The molecule has 1 aromatic rings. The molecule has 1 amide bonds. The average Bonchev–Trinajstić information content (AvgIpc) is 3.02. The van der Waals surface area contributed by atoms with Crippen molar-refractivity contribution in [1.29, 1.82) is 5.26 Å². The molecule has 1 saturated heterocycles. The molecule has 0 N–H and O–H groups in total. The summed E-state index contributed by atoms with van der Waals surface area (Å²) >= 11 is 1.38. The Labute approximate surface area is 105 Å². The number of carbonyl (C=O) groups excluding carboxylic acids is 1. The van der Waals surface area contributed by atoms with Crippen LogP contribution in [0.5, 0.6) is 0 Å². The standard InChI is InChI=1S/C13H14N2OS/c14-5-9-4-12(17-8-9)13(16)15-6-10-2-1-3-11(10)7-15/h4,8,10-11H,1-3,6-7H2. The highest BCUT2D eigenvalue weighted by atomic mass is 32.1. The molecule has 1 aromatic heterocycles. The first kappa shape index (κ1) is 10.8. The fourth-order valence-electron chi connectivity index (χ4n) is 3.06. The molecule has 0 bridgehead atoms. The van der Waals surface area contributed by atoms with Crippen molar-refractivity contribution in [1.82, 2.24) is 4.90 Å². The zero-order valence-corrected chi connectivity index (χ0v) is 10.4. The first-order valence-electron chi connectivity index (χ1n) is 6.06. The van der Waals surface area contributed by atoms with Crippen molar-refractivity contribution >= 4 is 17.2 Å². The molecule has 2 unspecified atom stereocenters. The van der Waals surface area contributed by atoms with Gasteiger partial charge in [0.2, 0.25) is 0 Å². The van der Waals surface area contributed by atoms with Crippen LogP contribution in [0.1, 0.15) is 34.5 Å². The summed E-state index contributed by atoms with van der Waals surface area (Å²) in [6, 6.07) is 3.78. The maximum Gasteiger partial charge on any atom is 0.263 e. The van der Waals surface area contributed by atoms with Crippen molar-refractivity contribution < 1.29 is 4.79 Å². The lowest BCUT2D eigenvalue weighted by molar-refractivity contribution is 0.0785. The van der Waals surface area contributed by atoms with Crippen LogP contribution in [0, 0.1) is 23.2 Å². The van der Waals surface area contributed by atoms with Crippen molar-refractivity contribution in [2.24, 2.45) is 11.8 Å². The number of fused-ring (bicyclic) bond motifs is 1. The van der Waals surface area contributed by atoms with E-state index in [0.717, 1.165) is 24.9 Å². The van der Waals surface area contributed by atoms with Gasteiger partial charge in [0.05, 0.1) is 10.4 Å². The summed E-state index contributed by atoms with van der Waals surface area (Å²) in [7, 11) is 0. The molecule has 4 heteroatoms. The molecule has 3 nitrogen and oxygen atoms in total. The number of hydrogen-bond donors (Lipinski definition) is 0. The molecular formula is C13H14N2OS. The van der Waals surface area contributed by atoms with E-state index in [4.69, 9.17) is 5.26 Å². The molecule has 0 spiro atoms. The van der Waals surface area contributed by atoms with Gasteiger partial charge in [-0.05, 0) is 30.7 Å². The van der Waals surface area contributed by atoms with Crippen LogP contribution in [0.3, 0.4) is 0 Å². The van der Waals surface area contributed by atoms with Crippen molar-refractivity contribution in [3.05, 3.63) is 21.9 Å². The van der Waals surface area contributed by atoms with Gasteiger partial charge in [0.15, 0.2) is 0 Å². The first-order chi connectivity index (χ1) is 8.28. The van der Waals surface area contributed by atoms with Gasteiger partial charge in [-0.3, -0.25) is 4.79 Å². The number of rotatable bonds is 1. The van der Waals surface area contributed by atoms with E-state index in [2.05, 4.69) is 6.07 Å². The van der Waals surface area contributed by atoms with E-state index in [1.807, 2.05) is 4.90 Å². The number of nitriles is 1. The van der Waals surface area contributed by atoms with E-state index < -0.39 is 0 Å². The van der Waals surface area contributed by atoms with Gasteiger partial charge in [-0.2, -0.15) is 5.26 Å². The van der Waals surface area contributed by atoms with Gasteiger partial charge in [0, 0.05) is 18.5 Å². The molecule has 3 rings (SSSR count). The summed E-state index contributed by atoms with van der Waals surface area (Å²) in [5.74, 6) is 1.58. The summed E-state index contributed by atoms with van der Waals surface area (Å²) < 4.78 is 0. The van der Waals surface area contributed by atoms with E-state index >= 15 is 0 Å². The average molecular weight is 246 g/mol. The zero-order valence-electron chi connectivity index (χ0n) is 9.56. The first-order valence-corrected chi connectivity index (χ1v) is 6.94. The van der Waals surface area contributed by atoms with E-state index in [-0.39, 0.29) is 5.91 Å². The van der Waals surface area contributed by atoms with E-state index in [0.29, 0.717) is 10.4 Å². The summed E-state index contributed by atoms with van der Waals surface area (Å²) in [6.45, 7) is 1.84. The molecule has 1 aliphatic heterocycles. The van der Waals surface area contributed by atoms with Crippen LogP contribution < -0.4 is 0 Å². The minimum Gasteiger partial charge on any atom is -0.337 e. The van der Waals surface area contributed by atoms with Crippen LogP contribution in [0.4, 0.5) is 0 Å². The molecule has 1 saturated carbocycles. The monoisotopic (exact) mass is 246 g/mol. The Balaban J connectivity index is 1.73. The summed E-state index contributed by atoms with van der Waals surface area (Å²) in [6.07, 6.45) is 3.89. The minimum absolute atomic E-state index is 0.117. The van der Waals surface area contributed by atoms with Crippen LogP contribution in [-0.4, -0.2) is 23.9 Å². The Morgan fingerprint density at radius 2 is 2.12 bits per heavy atom. The lowest BCUT2D eigenvalue weighted by Crippen LogP contribution is -2.28. The maximum atomic E-state index is 12.2. The highest BCUT2D eigenvalue weighted by molar-refractivity contribution is 7.12. The topological polar surface area (TPSA) is 44.1 Å². The number of hydrogen-bond acceptors (Lipinski definition) is 3. The van der Waals surface area contributed by atoms with Crippen molar-refractivity contribution in [2.75, 3.05) is 13.1 Å². The van der Waals surface area contributed by atoms with Crippen LogP contribution in [0.2, 0.25) is 0 Å². The SMILES string of the molecule is N#Cc1csc(C(=O)N2CC3CCCC3C2)c1. The zero-order chi connectivity index (χ0) is 11.8. The maximum absolute atomic E-state index is 12.2. The Morgan fingerprint density at radius 1 is 1.41 bits per heavy atom. The Bertz CT molecular complexity index is 476. The third-order valence-electron chi connectivity index (χ3n) is 3.95. The molecule has 2 fully saturated rings. The molecule has 88 valence electrons. The second-order valence-corrected chi connectivity index (χ2v) is 5.88. The van der Waals surface area contributed by atoms with E-state index in [1.54, 1.807) is 11.4 Å². The van der Waals surface area contributed by atoms with Crippen LogP contribution in [-0.2, 0) is 0 Å². The summed E-state index contributed by atoms with van der Waals surface area (Å²) in [5, 5.41) is 10.5. The molecule has 2 heterocycles. The normalized spacial score (nSPS) is 26.9. The number of nitrogens with zero attached hydrogens (tertiary/aromatic N) is 2. The minimum atomic E-state index is 0.117. The second kappa shape index (κ2) is 4.15. The largest absolute Gasteiger partial charge is 0.337 e. The lowest BCUT2D eigenvalue weighted by Gasteiger charge is -2.15. The third kappa shape index (κ3) is 1.85. The number of carbonyl (C=O) groups is 1. The smallest absolute Gasteiger partial charge is 0.263 e. The lowest BCUT2D eigenvalue weighted by atomic mass is 10.0. The van der Waals surface area contributed by atoms with Crippen molar-refractivity contribution in [3.8, 4) is 6.07 Å². The third-order valence-corrected chi connectivity index (χ3v) is 4.87. The second-order valence-electron chi connectivity index (χ2n) is 4.97. The van der Waals surface area contributed by atoms with Crippen molar-refractivity contribution in [3.63, 3.8) is 0 Å². The molecule has 2 aliphatic rings. The quantitative estimate of drug-likeness (QED) is 0.764. The highest BCUT2D eigenvalue weighted by Crippen LogP contribution is 2.38. The fraction of sp³-hybridized carbons (Fsp3) is 0.538. The predicted molar refractivity (Wildman–Crippen MR) is 65.8 cm³/mol. The van der Waals surface area contributed by atoms with Gasteiger partial charge in [0.1, 0.15) is 6.07 Å². The molecule has 2 atom stereocenters. The van der Waals surface area contributed by atoms with Gasteiger partial charge >= 0.3 is 0 Å². The number of likely N-dealkylation sites (tertiary alicyclic amines) is 1. The Morgan fingerprint density at radius 3 is 2.71 bits per heavy atom. The molecule has 1 aliphatic carbocycles. The van der Waals surface area contributed by atoms with Crippen LogP contribution >= 0.6 is 11.3 Å². The predicted octanol–water partition coefficient (Wildman–Crippen LogP) is 2.49. The summed E-state index contributed by atoms with van der Waals surface area (Å²) in [5.41, 5.74) is 0.595. The van der Waals surface area contributed by atoms with Crippen molar-refractivity contribution in [2.45, 2.75) is 19.3 Å². The van der Waals surface area contributed by atoms with Crippen LogP contribution in [0.15, 0.2) is 11.4 Å². The van der Waals surface area contributed by atoms with Gasteiger partial charge in [-0.1, -0.05) is 6.42 Å². The molecule has 0 radical (unpaired) electrons. The van der Waals surface area contributed by atoms with Crippen LogP contribution in [0.25, 0.3) is 0 Å². The Kier molecular flexibility index (Phi) is 2.64. The van der Waals surface area contributed by atoms with Gasteiger partial charge in [-0.25, -0.2) is 0 Å². The number of amides is 1. The van der Waals surface area contributed by atoms with E-state index in [9.17, 15) is 4.79 Å². The highest BCUT2D eigenvalue weighted by Gasteiger charge is 2.38. The molecular weight excluding hydrogens is 232 g/mol. The molecule has 0 aromatic carbocycles. The van der Waals surface area contributed by atoms with E-state index in [1.165, 1.54) is 30.6 Å². The summed E-state index contributed by atoms with van der Waals surface area (Å²) in [4.78, 5) is 14.9.